The van der Waals surface area contributed by atoms with Crippen LogP contribution in [0.25, 0.3) is 0 Å². The second kappa shape index (κ2) is 6.48. The van der Waals surface area contributed by atoms with E-state index in [2.05, 4.69) is 5.32 Å². The topological polar surface area (TPSA) is 72.8 Å². The van der Waals surface area contributed by atoms with Crippen LogP contribution in [-0.4, -0.2) is 41.9 Å². The molecular weight excluding hydrogens is 300 g/mol. The molecule has 0 bridgehead atoms. The van der Waals surface area contributed by atoms with Gasteiger partial charge in [-0.15, -0.1) is 11.3 Å². The van der Waals surface area contributed by atoms with Gasteiger partial charge in [-0.1, -0.05) is 12.1 Å². The summed E-state index contributed by atoms with van der Waals surface area (Å²) in [6.45, 7) is 0.684. The van der Waals surface area contributed by atoms with E-state index in [1.54, 1.807) is 4.90 Å². The molecule has 6 heteroatoms. The van der Waals surface area contributed by atoms with E-state index in [1.165, 1.54) is 11.3 Å². The minimum atomic E-state index is -0.794. The van der Waals surface area contributed by atoms with E-state index in [-0.39, 0.29) is 19.1 Å². The summed E-state index contributed by atoms with van der Waals surface area (Å²) in [7, 11) is 0. The van der Waals surface area contributed by atoms with Crippen molar-refractivity contribution < 1.29 is 15.0 Å². The van der Waals surface area contributed by atoms with Gasteiger partial charge in [0.2, 0.25) is 0 Å². The monoisotopic (exact) mass is 318 g/mol. The Morgan fingerprint density at radius 1 is 1.41 bits per heavy atom. The van der Waals surface area contributed by atoms with Gasteiger partial charge in [0.05, 0.1) is 17.6 Å². The lowest BCUT2D eigenvalue weighted by Crippen LogP contribution is -2.28. The zero-order chi connectivity index (χ0) is 15.5. The minimum Gasteiger partial charge on any atom is -0.394 e. The summed E-state index contributed by atoms with van der Waals surface area (Å²) >= 11 is 1.45. The standard InChI is InChI=1S/C16H18N2O3S/c19-10-13(20)9-17-12-4-3-11-5-6-18(14(11)8-12)16(21)15-2-1-7-22-15/h1-4,7-8,13,17,19-20H,5-6,9-10H2. The summed E-state index contributed by atoms with van der Waals surface area (Å²) in [4.78, 5) is 15.1. The first-order valence-corrected chi connectivity index (χ1v) is 8.08. The minimum absolute atomic E-state index is 0.0290. The van der Waals surface area contributed by atoms with Gasteiger partial charge in [-0.25, -0.2) is 0 Å². The molecule has 1 atom stereocenters. The van der Waals surface area contributed by atoms with Crippen LogP contribution in [0.3, 0.4) is 0 Å². The first-order valence-electron chi connectivity index (χ1n) is 7.20. The SMILES string of the molecule is O=C(c1cccs1)N1CCc2ccc(NCC(O)CO)cc21. The molecule has 0 spiro atoms. The summed E-state index contributed by atoms with van der Waals surface area (Å²) in [6.07, 6.45) is 0.0588. The van der Waals surface area contributed by atoms with Crippen molar-refractivity contribution in [1.82, 2.24) is 0 Å². The number of anilines is 2. The van der Waals surface area contributed by atoms with Crippen molar-refractivity contribution in [2.45, 2.75) is 12.5 Å². The van der Waals surface area contributed by atoms with Crippen LogP contribution in [-0.2, 0) is 6.42 Å². The third-order valence-corrected chi connectivity index (χ3v) is 4.57. The number of hydrogen-bond donors (Lipinski definition) is 3. The van der Waals surface area contributed by atoms with E-state index in [4.69, 9.17) is 5.11 Å². The lowest BCUT2D eigenvalue weighted by atomic mass is 10.1. The highest BCUT2D eigenvalue weighted by Gasteiger charge is 2.26. The number of hydrogen-bond acceptors (Lipinski definition) is 5. The zero-order valence-corrected chi connectivity index (χ0v) is 12.8. The number of fused-ring (bicyclic) bond motifs is 1. The Morgan fingerprint density at radius 3 is 3.00 bits per heavy atom. The summed E-state index contributed by atoms with van der Waals surface area (Å²) in [6, 6.07) is 9.58. The number of carbonyl (C=O) groups is 1. The Kier molecular flexibility index (Phi) is 4.42. The third-order valence-electron chi connectivity index (χ3n) is 3.71. The highest BCUT2D eigenvalue weighted by Crippen LogP contribution is 2.32. The summed E-state index contributed by atoms with van der Waals surface area (Å²) in [5, 5.41) is 23.2. The van der Waals surface area contributed by atoms with Crippen LogP contribution in [0.15, 0.2) is 35.7 Å². The predicted molar refractivity (Wildman–Crippen MR) is 87.7 cm³/mol. The van der Waals surface area contributed by atoms with Gasteiger partial charge in [0.25, 0.3) is 5.91 Å². The van der Waals surface area contributed by atoms with E-state index < -0.39 is 6.10 Å². The molecule has 1 amide bonds. The Labute approximate surface area is 132 Å². The van der Waals surface area contributed by atoms with Gasteiger partial charge in [-0.2, -0.15) is 0 Å². The van der Waals surface area contributed by atoms with Gasteiger partial charge < -0.3 is 20.4 Å². The maximum Gasteiger partial charge on any atom is 0.268 e. The van der Waals surface area contributed by atoms with Gasteiger partial charge in [0, 0.05) is 24.5 Å². The normalized spacial score (nSPS) is 14.7. The van der Waals surface area contributed by atoms with E-state index in [9.17, 15) is 9.90 Å². The van der Waals surface area contributed by atoms with E-state index in [0.29, 0.717) is 6.54 Å². The van der Waals surface area contributed by atoms with Crippen molar-refractivity contribution in [3.05, 3.63) is 46.2 Å². The Hall–Kier alpha value is -1.89. The largest absolute Gasteiger partial charge is 0.394 e. The van der Waals surface area contributed by atoms with Crippen molar-refractivity contribution in [2.24, 2.45) is 0 Å². The number of aliphatic hydroxyl groups is 2. The highest BCUT2D eigenvalue weighted by molar-refractivity contribution is 7.12. The van der Waals surface area contributed by atoms with Crippen LogP contribution >= 0.6 is 11.3 Å². The second-order valence-corrected chi connectivity index (χ2v) is 6.19. The fourth-order valence-electron chi connectivity index (χ4n) is 2.53. The number of aliphatic hydroxyl groups excluding tert-OH is 2. The summed E-state index contributed by atoms with van der Waals surface area (Å²) in [5.41, 5.74) is 2.90. The zero-order valence-electron chi connectivity index (χ0n) is 12.0. The number of rotatable bonds is 5. The molecule has 0 aliphatic carbocycles. The average Bonchev–Trinajstić information content (AvgIpc) is 3.20. The van der Waals surface area contributed by atoms with Crippen LogP contribution in [0.2, 0.25) is 0 Å². The quantitative estimate of drug-likeness (QED) is 0.785. The molecule has 3 N–H and O–H groups in total. The molecule has 3 rings (SSSR count). The van der Waals surface area contributed by atoms with Crippen LogP contribution in [0.4, 0.5) is 11.4 Å². The number of benzene rings is 1. The van der Waals surface area contributed by atoms with Crippen LogP contribution in [0.1, 0.15) is 15.2 Å². The molecule has 1 aromatic heterocycles. The fraction of sp³-hybridized carbons (Fsp3) is 0.312. The molecule has 0 saturated heterocycles. The van der Waals surface area contributed by atoms with Gasteiger partial charge in [0.1, 0.15) is 0 Å². The maximum atomic E-state index is 12.5. The summed E-state index contributed by atoms with van der Waals surface area (Å²) < 4.78 is 0. The average molecular weight is 318 g/mol. The fourth-order valence-corrected chi connectivity index (χ4v) is 3.21. The van der Waals surface area contributed by atoms with Crippen molar-refractivity contribution in [3.63, 3.8) is 0 Å². The van der Waals surface area contributed by atoms with E-state index in [1.807, 2.05) is 35.7 Å². The van der Waals surface area contributed by atoms with Crippen LogP contribution in [0, 0.1) is 0 Å². The van der Waals surface area contributed by atoms with Crippen LogP contribution in [0.5, 0.6) is 0 Å². The molecule has 116 valence electrons. The molecule has 1 aliphatic heterocycles. The van der Waals surface area contributed by atoms with Crippen molar-refractivity contribution in [3.8, 4) is 0 Å². The Balaban J connectivity index is 1.79. The lowest BCUT2D eigenvalue weighted by Gasteiger charge is -2.18. The number of thiophene rings is 1. The molecule has 1 aliphatic rings. The molecule has 1 unspecified atom stereocenters. The number of nitrogens with one attached hydrogen (secondary N) is 1. The number of amides is 1. The number of nitrogens with zero attached hydrogens (tertiary/aromatic N) is 1. The molecule has 0 saturated carbocycles. The van der Waals surface area contributed by atoms with E-state index >= 15 is 0 Å². The molecule has 2 heterocycles. The Bertz CT molecular complexity index is 657. The van der Waals surface area contributed by atoms with Gasteiger partial charge in [0.15, 0.2) is 0 Å². The van der Waals surface area contributed by atoms with Crippen molar-refractivity contribution >= 4 is 28.6 Å². The Morgan fingerprint density at radius 2 is 2.27 bits per heavy atom. The maximum absolute atomic E-state index is 12.5. The molecule has 0 fully saturated rings. The first kappa shape index (κ1) is 15.0. The van der Waals surface area contributed by atoms with Gasteiger partial charge in [-0.3, -0.25) is 4.79 Å². The van der Waals surface area contributed by atoms with Gasteiger partial charge >= 0.3 is 0 Å². The summed E-state index contributed by atoms with van der Waals surface area (Å²) in [5.74, 6) is 0.0290. The van der Waals surface area contributed by atoms with Crippen molar-refractivity contribution in [1.29, 1.82) is 0 Å². The predicted octanol–water partition coefficient (Wildman–Crippen LogP) is 1.72. The van der Waals surface area contributed by atoms with E-state index in [0.717, 1.165) is 28.2 Å². The van der Waals surface area contributed by atoms with Crippen LogP contribution < -0.4 is 10.2 Å². The highest BCUT2D eigenvalue weighted by atomic mass is 32.1. The van der Waals surface area contributed by atoms with Gasteiger partial charge in [-0.05, 0) is 35.6 Å². The molecular formula is C16H18N2O3S. The third kappa shape index (κ3) is 2.99. The smallest absolute Gasteiger partial charge is 0.268 e. The molecule has 2 aromatic rings. The second-order valence-electron chi connectivity index (χ2n) is 5.24. The molecule has 5 nitrogen and oxygen atoms in total. The molecule has 1 aromatic carbocycles. The molecule has 22 heavy (non-hydrogen) atoms. The number of carbonyl (C=O) groups excluding carboxylic acids is 1. The lowest BCUT2D eigenvalue weighted by molar-refractivity contribution is 0.0993. The van der Waals surface area contributed by atoms with Crippen molar-refractivity contribution in [2.75, 3.05) is 29.9 Å². The molecule has 0 radical (unpaired) electrons. The first-order chi connectivity index (χ1) is 10.7.